The molecule has 0 bridgehead atoms. The van der Waals surface area contributed by atoms with Gasteiger partial charge in [-0.1, -0.05) is 0 Å². The van der Waals surface area contributed by atoms with Crippen LogP contribution in [0.4, 0.5) is 20.2 Å². The molecular weight excluding hydrogens is 336 g/mol. The SMILES string of the molecule is CC(C)N1CCN(c2ccc(C(=O)Nc3ccc(F)cc3F)cc2)CC1. The first kappa shape index (κ1) is 18.3. The minimum absolute atomic E-state index is 0.0368. The number of hydrogen-bond donors (Lipinski definition) is 1. The van der Waals surface area contributed by atoms with Crippen molar-refractivity contribution in [2.45, 2.75) is 19.9 Å². The molecule has 4 nitrogen and oxygen atoms in total. The molecule has 0 atom stereocenters. The molecule has 2 aromatic rings. The molecule has 1 aliphatic heterocycles. The average molecular weight is 359 g/mol. The van der Waals surface area contributed by atoms with E-state index >= 15 is 0 Å². The summed E-state index contributed by atoms with van der Waals surface area (Å²) in [7, 11) is 0. The molecule has 0 aromatic heterocycles. The maximum Gasteiger partial charge on any atom is 0.255 e. The van der Waals surface area contributed by atoms with Crippen molar-refractivity contribution in [3.05, 3.63) is 59.7 Å². The van der Waals surface area contributed by atoms with Gasteiger partial charge in [0.2, 0.25) is 0 Å². The van der Waals surface area contributed by atoms with Crippen LogP contribution in [0.3, 0.4) is 0 Å². The van der Waals surface area contributed by atoms with Gasteiger partial charge in [0.15, 0.2) is 0 Å². The van der Waals surface area contributed by atoms with Crippen LogP contribution in [0.1, 0.15) is 24.2 Å². The number of carbonyl (C=O) groups is 1. The van der Waals surface area contributed by atoms with Gasteiger partial charge in [0.1, 0.15) is 11.6 Å². The fourth-order valence-electron chi connectivity index (χ4n) is 3.11. The third-order valence-electron chi connectivity index (χ3n) is 4.72. The molecule has 0 aliphatic carbocycles. The fourth-order valence-corrected chi connectivity index (χ4v) is 3.11. The lowest BCUT2D eigenvalue weighted by molar-refractivity contribution is 0.102. The third kappa shape index (κ3) is 4.19. The van der Waals surface area contributed by atoms with Crippen LogP contribution in [0.15, 0.2) is 42.5 Å². The van der Waals surface area contributed by atoms with Crippen molar-refractivity contribution in [2.24, 2.45) is 0 Å². The molecule has 0 spiro atoms. The summed E-state index contributed by atoms with van der Waals surface area (Å²) >= 11 is 0. The van der Waals surface area contributed by atoms with Crippen molar-refractivity contribution in [3.63, 3.8) is 0 Å². The minimum atomic E-state index is -0.794. The number of piperazine rings is 1. The summed E-state index contributed by atoms with van der Waals surface area (Å²) in [6, 6.07) is 10.9. The lowest BCUT2D eigenvalue weighted by Gasteiger charge is -2.38. The molecule has 26 heavy (non-hydrogen) atoms. The van der Waals surface area contributed by atoms with E-state index in [2.05, 4.69) is 29.0 Å². The Bertz CT molecular complexity index is 769. The van der Waals surface area contributed by atoms with Crippen LogP contribution >= 0.6 is 0 Å². The highest BCUT2D eigenvalue weighted by Crippen LogP contribution is 2.20. The first-order valence-corrected chi connectivity index (χ1v) is 8.79. The van der Waals surface area contributed by atoms with Gasteiger partial charge in [0.05, 0.1) is 5.69 Å². The van der Waals surface area contributed by atoms with Crippen molar-refractivity contribution in [3.8, 4) is 0 Å². The van der Waals surface area contributed by atoms with E-state index in [0.717, 1.165) is 44.0 Å². The summed E-state index contributed by atoms with van der Waals surface area (Å²) in [5.74, 6) is -1.90. The third-order valence-corrected chi connectivity index (χ3v) is 4.72. The van der Waals surface area contributed by atoms with Gasteiger partial charge in [-0.25, -0.2) is 8.78 Å². The molecule has 1 saturated heterocycles. The highest BCUT2D eigenvalue weighted by atomic mass is 19.1. The van der Waals surface area contributed by atoms with Crippen LogP contribution in [0.25, 0.3) is 0 Å². The minimum Gasteiger partial charge on any atom is -0.369 e. The zero-order valence-corrected chi connectivity index (χ0v) is 15.0. The number of benzene rings is 2. The number of rotatable bonds is 4. The molecule has 6 heteroatoms. The van der Waals surface area contributed by atoms with Crippen LogP contribution in [0.5, 0.6) is 0 Å². The lowest BCUT2D eigenvalue weighted by Crippen LogP contribution is -2.48. The smallest absolute Gasteiger partial charge is 0.255 e. The fraction of sp³-hybridized carbons (Fsp3) is 0.350. The number of amides is 1. The van der Waals surface area contributed by atoms with E-state index in [4.69, 9.17) is 0 Å². The Morgan fingerprint density at radius 3 is 2.23 bits per heavy atom. The first-order chi connectivity index (χ1) is 12.4. The van der Waals surface area contributed by atoms with Gasteiger partial charge in [-0.3, -0.25) is 9.69 Å². The number of halogens is 2. The number of nitrogens with one attached hydrogen (secondary N) is 1. The Hall–Kier alpha value is -2.47. The summed E-state index contributed by atoms with van der Waals surface area (Å²) in [5.41, 5.74) is 1.46. The van der Waals surface area contributed by atoms with Crippen molar-refractivity contribution in [1.29, 1.82) is 0 Å². The van der Waals surface area contributed by atoms with E-state index in [1.807, 2.05) is 12.1 Å². The van der Waals surface area contributed by atoms with Gasteiger partial charge in [0.25, 0.3) is 5.91 Å². The van der Waals surface area contributed by atoms with Crippen molar-refractivity contribution >= 4 is 17.3 Å². The highest BCUT2D eigenvalue weighted by molar-refractivity contribution is 6.04. The zero-order chi connectivity index (χ0) is 18.7. The first-order valence-electron chi connectivity index (χ1n) is 8.79. The monoisotopic (exact) mass is 359 g/mol. The molecule has 1 N–H and O–H groups in total. The van der Waals surface area contributed by atoms with Gasteiger partial charge >= 0.3 is 0 Å². The zero-order valence-electron chi connectivity index (χ0n) is 15.0. The van der Waals surface area contributed by atoms with Gasteiger partial charge in [-0.15, -0.1) is 0 Å². The molecule has 138 valence electrons. The number of hydrogen-bond acceptors (Lipinski definition) is 3. The van der Waals surface area contributed by atoms with E-state index in [9.17, 15) is 13.6 Å². The van der Waals surface area contributed by atoms with Crippen LogP contribution < -0.4 is 10.2 Å². The van der Waals surface area contributed by atoms with E-state index in [0.29, 0.717) is 11.6 Å². The maximum absolute atomic E-state index is 13.7. The van der Waals surface area contributed by atoms with Crippen LogP contribution in [0.2, 0.25) is 0 Å². The highest BCUT2D eigenvalue weighted by Gasteiger charge is 2.19. The second kappa shape index (κ2) is 7.83. The van der Waals surface area contributed by atoms with Crippen molar-refractivity contribution in [1.82, 2.24) is 4.90 Å². The Morgan fingerprint density at radius 2 is 1.65 bits per heavy atom. The number of anilines is 2. The Balaban J connectivity index is 1.63. The number of nitrogens with zero attached hydrogens (tertiary/aromatic N) is 2. The Morgan fingerprint density at radius 1 is 1.00 bits per heavy atom. The maximum atomic E-state index is 13.7. The summed E-state index contributed by atoms with van der Waals surface area (Å²) in [5, 5.41) is 2.47. The molecule has 0 unspecified atom stereocenters. The summed E-state index contributed by atoms with van der Waals surface area (Å²) in [6.07, 6.45) is 0. The summed E-state index contributed by atoms with van der Waals surface area (Å²) in [6.45, 7) is 8.34. The van der Waals surface area contributed by atoms with Gasteiger partial charge in [0, 0.05) is 49.5 Å². The normalized spacial score (nSPS) is 15.3. The summed E-state index contributed by atoms with van der Waals surface area (Å²) in [4.78, 5) is 17.0. The quantitative estimate of drug-likeness (QED) is 0.903. The molecular formula is C20H23F2N3O. The molecule has 0 radical (unpaired) electrons. The van der Waals surface area contributed by atoms with Crippen LogP contribution in [-0.4, -0.2) is 43.0 Å². The predicted octanol–water partition coefficient (Wildman–Crippen LogP) is 3.75. The van der Waals surface area contributed by atoms with Crippen molar-refractivity contribution < 1.29 is 13.6 Å². The molecule has 3 rings (SSSR count). The molecule has 1 fully saturated rings. The Labute approximate surface area is 152 Å². The standard InChI is InChI=1S/C20H23F2N3O/c1-14(2)24-9-11-25(12-10-24)17-6-3-15(4-7-17)20(26)23-19-8-5-16(21)13-18(19)22/h3-8,13-14H,9-12H2,1-2H3,(H,23,26). The second-order valence-corrected chi connectivity index (χ2v) is 6.74. The van der Waals surface area contributed by atoms with Crippen LogP contribution in [0, 0.1) is 11.6 Å². The van der Waals surface area contributed by atoms with E-state index < -0.39 is 17.5 Å². The average Bonchev–Trinajstić information content (AvgIpc) is 2.64. The van der Waals surface area contributed by atoms with E-state index in [-0.39, 0.29) is 5.69 Å². The van der Waals surface area contributed by atoms with Crippen molar-refractivity contribution in [2.75, 3.05) is 36.4 Å². The second-order valence-electron chi connectivity index (χ2n) is 6.74. The molecule has 1 heterocycles. The van der Waals surface area contributed by atoms with Gasteiger partial charge < -0.3 is 10.2 Å². The Kier molecular flexibility index (Phi) is 5.52. The predicted molar refractivity (Wildman–Crippen MR) is 99.7 cm³/mol. The van der Waals surface area contributed by atoms with Gasteiger partial charge in [-0.05, 0) is 50.2 Å². The molecule has 1 amide bonds. The molecule has 0 saturated carbocycles. The molecule has 2 aromatic carbocycles. The summed E-state index contributed by atoms with van der Waals surface area (Å²) < 4.78 is 26.6. The molecule has 1 aliphatic rings. The largest absolute Gasteiger partial charge is 0.369 e. The topological polar surface area (TPSA) is 35.6 Å². The van der Waals surface area contributed by atoms with Gasteiger partial charge in [-0.2, -0.15) is 0 Å². The van der Waals surface area contributed by atoms with E-state index in [1.54, 1.807) is 12.1 Å². The number of carbonyl (C=O) groups excluding carboxylic acids is 1. The van der Waals surface area contributed by atoms with E-state index in [1.165, 1.54) is 6.07 Å². The lowest BCUT2D eigenvalue weighted by atomic mass is 10.1. The van der Waals surface area contributed by atoms with Crippen LogP contribution in [-0.2, 0) is 0 Å².